The van der Waals surface area contributed by atoms with E-state index < -0.39 is 48.4 Å². The Morgan fingerprint density at radius 1 is 1.03 bits per heavy atom. The minimum atomic E-state index is -1.12. The molecule has 12 nitrogen and oxygen atoms in total. The van der Waals surface area contributed by atoms with Gasteiger partial charge in [0.2, 0.25) is 5.69 Å². The highest BCUT2D eigenvalue weighted by Crippen LogP contribution is 2.35. The van der Waals surface area contributed by atoms with Crippen LogP contribution in [0.5, 0.6) is 0 Å². The number of ether oxygens (including phenoxy) is 5. The first kappa shape index (κ1) is 23.0. The van der Waals surface area contributed by atoms with E-state index in [0.717, 1.165) is 0 Å². The fraction of sp³-hybridized carbons (Fsp3) is 0.625. The molecular weight excluding hydrogens is 505 g/mol. The van der Waals surface area contributed by atoms with Gasteiger partial charge >= 0.3 is 23.9 Å². The van der Waals surface area contributed by atoms with Crippen molar-refractivity contribution in [3.05, 3.63) is 9.39 Å². The number of carbonyl (C=O) groups is 4. The summed E-state index contributed by atoms with van der Waals surface area (Å²) in [5, 5.41) is 7.69. The molecule has 0 N–H and O–H groups in total. The molecule has 160 valence electrons. The molecule has 0 radical (unpaired) electrons. The molecule has 0 aromatic carbocycles. The molecule has 29 heavy (non-hydrogen) atoms. The molecule has 1 unspecified atom stereocenters. The van der Waals surface area contributed by atoms with E-state index in [0.29, 0.717) is 0 Å². The van der Waals surface area contributed by atoms with Crippen molar-refractivity contribution in [2.75, 3.05) is 13.2 Å². The topological polar surface area (TPSA) is 145 Å². The third kappa shape index (κ3) is 5.62. The minimum absolute atomic E-state index is 0.0508. The summed E-state index contributed by atoms with van der Waals surface area (Å²) >= 11 is 1.82. The predicted octanol–water partition coefficient (Wildman–Crippen LogP) is 0.383. The van der Waals surface area contributed by atoms with E-state index >= 15 is 0 Å². The second-order valence-electron chi connectivity index (χ2n) is 5.91. The molecule has 1 aliphatic heterocycles. The van der Waals surface area contributed by atoms with Crippen LogP contribution in [0.2, 0.25) is 0 Å². The average Bonchev–Trinajstić information content (AvgIpc) is 3.14. The van der Waals surface area contributed by atoms with Gasteiger partial charge in [-0.1, -0.05) is 5.21 Å². The first-order valence-corrected chi connectivity index (χ1v) is 9.64. The fourth-order valence-corrected chi connectivity index (χ4v) is 3.36. The van der Waals surface area contributed by atoms with Gasteiger partial charge in [0, 0.05) is 20.8 Å². The van der Waals surface area contributed by atoms with Gasteiger partial charge in [0.1, 0.15) is 16.4 Å². The summed E-state index contributed by atoms with van der Waals surface area (Å²) in [6, 6.07) is 0. The van der Waals surface area contributed by atoms with Crippen molar-refractivity contribution < 1.29 is 42.9 Å². The first-order chi connectivity index (χ1) is 13.6. The van der Waals surface area contributed by atoms with Crippen LogP contribution in [0.1, 0.15) is 44.4 Å². The normalized spacial score (nSPS) is 23.3. The molecule has 0 aliphatic carbocycles. The number of hydrogen-bond acceptors (Lipinski definition) is 11. The minimum Gasteiger partial charge on any atom is -0.463 e. The lowest BCUT2D eigenvalue weighted by Crippen LogP contribution is -2.40. The summed E-state index contributed by atoms with van der Waals surface area (Å²) in [4.78, 5) is 46.4. The van der Waals surface area contributed by atoms with E-state index in [1.807, 2.05) is 22.6 Å². The van der Waals surface area contributed by atoms with Gasteiger partial charge in [-0.05, 0) is 29.5 Å². The van der Waals surface area contributed by atoms with Crippen LogP contribution in [-0.2, 0) is 38.1 Å². The molecule has 1 aromatic rings. The molecule has 0 spiro atoms. The monoisotopic (exact) mass is 525 g/mol. The molecule has 1 aliphatic rings. The van der Waals surface area contributed by atoms with Crippen LogP contribution in [0.3, 0.4) is 0 Å². The molecule has 0 saturated carbocycles. The summed E-state index contributed by atoms with van der Waals surface area (Å²) in [5.41, 5.74) is -0.0508. The van der Waals surface area contributed by atoms with Crippen molar-refractivity contribution in [3.63, 3.8) is 0 Å². The second-order valence-corrected chi connectivity index (χ2v) is 6.93. The quantitative estimate of drug-likeness (QED) is 0.277. The molecule has 13 heteroatoms. The van der Waals surface area contributed by atoms with E-state index in [2.05, 4.69) is 10.3 Å². The number of hydrogen-bond donors (Lipinski definition) is 0. The van der Waals surface area contributed by atoms with Gasteiger partial charge in [-0.15, -0.1) is 5.10 Å². The molecule has 0 bridgehead atoms. The van der Waals surface area contributed by atoms with Crippen LogP contribution in [-0.4, -0.2) is 70.4 Å². The lowest BCUT2D eigenvalue weighted by Gasteiger charge is -2.23. The maximum atomic E-state index is 12.0. The third-order valence-electron chi connectivity index (χ3n) is 3.69. The Morgan fingerprint density at radius 2 is 1.66 bits per heavy atom. The summed E-state index contributed by atoms with van der Waals surface area (Å²) in [6.07, 6.45) is -4.23. The number of halogens is 1. The summed E-state index contributed by atoms with van der Waals surface area (Å²) in [7, 11) is 0. The zero-order valence-corrected chi connectivity index (χ0v) is 18.3. The van der Waals surface area contributed by atoms with Crippen molar-refractivity contribution in [2.24, 2.45) is 0 Å². The Bertz CT molecular complexity index is 797. The second kappa shape index (κ2) is 9.96. The van der Waals surface area contributed by atoms with Crippen LogP contribution < -0.4 is 0 Å². The largest absolute Gasteiger partial charge is 0.463 e. The van der Waals surface area contributed by atoms with Crippen LogP contribution in [0.25, 0.3) is 0 Å². The molecule has 1 saturated heterocycles. The SMILES string of the molecule is CCOC(=O)c1nnn([C@@H]2O[C@H](COC(C)=O)[C@@H](OC(C)=O)C2OC(C)=O)c1I. The highest BCUT2D eigenvalue weighted by molar-refractivity contribution is 14.1. The van der Waals surface area contributed by atoms with Gasteiger partial charge in [0.25, 0.3) is 0 Å². The molecule has 0 amide bonds. The van der Waals surface area contributed by atoms with E-state index in [1.54, 1.807) is 6.92 Å². The van der Waals surface area contributed by atoms with Crippen LogP contribution in [0.4, 0.5) is 0 Å². The maximum absolute atomic E-state index is 12.0. The van der Waals surface area contributed by atoms with Crippen LogP contribution in [0, 0.1) is 3.70 Å². The standard InChI is InChI=1S/C16H20IN3O9/c1-5-25-16(24)11-14(17)20(19-18-11)15-13(28-9(4)23)12(27-8(3)22)10(29-15)6-26-7(2)21/h10,12-13,15H,5-6H2,1-4H3/t10-,12-,13?,15-/m1/s1. The molecule has 1 aromatic heterocycles. The summed E-state index contributed by atoms with van der Waals surface area (Å²) < 4.78 is 27.8. The predicted molar refractivity (Wildman–Crippen MR) is 100 cm³/mol. The van der Waals surface area contributed by atoms with Crippen molar-refractivity contribution in [1.29, 1.82) is 0 Å². The smallest absolute Gasteiger partial charge is 0.361 e. The number of aromatic nitrogens is 3. The van der Waals surface area contributed by atoms with Gasteiger partial charge in [-0.2, -0.15) is 0 Å². The van der Waals surface area contributed by atoms with Gasteiger partial charge < -0.3 is 23.7 Å². The maximum Gasteiger partial charge on any atom is 0.361 e. The molecular formula is C16H20IN3O9. The number of carbonyl (C=O) groups excluding carboxylic acids is 4. The molecule has 4 atom stereocenters. The Morgan fingerprint density at radius 3 is 2.21 bits per heavy atom. The van der Waals surface area contributed by atoms with Gasteiger partial charge in [0.05, 0.1) is 6.61 Å². The third-order valence-corrected chi connectivity index (χ3v) is 4.69. The summed E-state index contributed by atoms with van der Waals surface area (Å²) in [5.74, 6) is -2.56. The Kier molecular flexibility index (Phi) is 7.89. The molecule has 1 fully saturated rings. The number of esters is 4. The lowest BCUT2D eigenvalue weighted by molar-refractivity contribution is -0.166. The van der Waals surface area contributed by atoms with Crippen LogP contribution in [0.15, 0.2) is 0 Å². The molecule has 2 rings (SSSR count). The van der Waals surface area contributed by atoms with E-state index in [9.17, 15) is 19.2 Å². The highest BCUT2D eigenvalue weighted by Gasteiger charge is 2.51. The van der Waals surface area contributed by atoms with E-state index in [-0.39, 0.29) is 22.6 Å². The van der Waals surface area contributed by atoms with Crippen molar-refractivity contribution >= 4 is 46.5 Å². The molecule has 2 heterocycles. The lowest BCUT2D eigenvalue weighted by atomic mass is 10.1. The van der Waals surface area contributed by atoms with Crippen molar-refractivity contribution in [3.8, 4) is 0 Å². The van der Waals surface area contributed by atoms with E-state index in [4.69, 9.17) is 23.7 Å². The van der Waals surface area contributed by atoms with Gasteiger partial charge in [-0.3, -0.25) is 14.4 Å². The van der Waals surface area contributed by atoms with Gasteiger partial charge in [-0.25, -0.2) is 9.48 Å². The van der Waals surface area contributed by atoms with Crippen LogP contribution >= 0.6 is 22.6 Å². The van der Waals surface area contributed by atoms with Crippen molar-refractivity contribution in [1.82, 2.24) is 15.0 Å². The summed E-state index contributed by atoms with van der Waals surface area (Å²) in [6.45, 7) is 5.11. The first-order valence-electron chi connectivity index (χ1n) is 8.56. The Labute approximate surface area is 179 Å². The zero-order valence-electron chi connectivity index (χ0n) is 16.1. The van der Waals surface area contributed by atoms with Crippen molar-refractivity contribution in [2.45, 2.75) is 52.2 Å². The number of rotatable bonds is 7. The van der Waals surface area contributed by atoms with E-state index in [1.165, 1.54) is 25.5 Å². The van der Waals surface area contributed by atoms with Gasteiger partial charge in [0.15, 0.2) is 18.4 Å². The number of nitrogens with zero attached hydrogens (tertiary/aromatic N) is 3. The average molecular weight is 525 g/mol. The Balaban J connectivity index is 2.39. The Hall–Kier alpha value is -2.29. The highest BCUT2D eigenvalue weighted by atomic mass is 127. The zero-order chi connectivity index (χ0) is 21.7. The fourth-order valence-electron chi connectivity index (χ4n) is 2.66.